The first-order valence-corrected chi connectivity index (χ1v) is 9.94. The summed E-state index contributed by atoms with van der Waals surface area (Å²) >= 11 is 6.26. The third-order valence-electron chi connectivity index (χ3n) is 4.36. The van der Waals surface area contributed by atoms with Crippen LogP contribution in [0.4, 0.5) is 0 Å². The number of alkyl halides is 1. The van der Waals surface area contributed by atoms with E-state index in [1.165, 1.54) is 45.6 Å². The van der Waals surface area contributed by atoms with Gasteiger partial charge in [0.2, 0.25) is 0 Å². The van der Waals surface area contributed by atoms with Crippen LogP contribution in [0.15, 0.2) is 0 Å². The minimum atomic E-state index is -0.349. The van der Waals surface area contributed by atoms with Crippen LogP contribution in [-0.4, -0.2) is 29.7 Å². The lowest BCUT2D eigenvalue weighted by Gasteiger charge is -2.16. The zero-order valence-corrected chi connectivity index (χ0v) is 16.0. The van der Waals surface area contributed by atoms with Crippen LogP contribution in [0.3, 0.4) is 0 Å². The molecule has 3 nitrogen and oxygen atoms in total. The highest BCUT2D eigenvalue weighted by Gasteiger charge is 2.15. The van der Waals surface area contributed by atoms with Gasteiger partial charge in [-0.3, -0.25) is 4.79 Å². The molecule has 138 valence electrons. The maximum atomic E-state index is 10.9. The smallest absolute Gasteiger partial charge is 0.305 e. The largest absolute Gasteiger partial charge is 0.469 e. The third kappa shape index (κ3) is 15.0. The summed E-state index contributed by atoms with van der Waals surface area (Å²) in [4.78, 5) is 10.9. The molecule has 4 heteroatoms. The molecule has 0 spiro atoms. The van der Waals surface area contributed by atoms with Crippen LogP contribution in [-0.2, 0) is 9.53 Å². The standard InChI is InChI=1S/C19H37ClO3/c1-3-4-5-11-14-17(20)18(21)15-12-9-7-6-8-10-13-16-19(22)23-2/h17-18,21H,3-16H2,1-2H3. The van der Waals surface area contributed by atoms with Gasteiger partial charge in [-0.1, -0.05) is 71.1 Å². The molecule has 2 unspecified atom stereocenters. The lowest BCUT2D eigenvalue weighted by molar-refractivity contribution is -0.140. The van der Waals surface area contributed by atoms with Crippen molar-refractivity contribution in [2.45, 2.75) is 108 Å². The van der Waals surface area contributed by atoms with E-state index in [1.54, 1.807) is 0 Å². The summed E-state index contributed by atoms with van der Waals surface area (Å²) in [6.45, 7) is 2.20. The number of aliphatic hydroxyl groups excluding tert-OH is 1. The number of esters is 1. The van der Waals surface area contributed by atoms with Gasteiger partial charge in [0.05, 0.1) is 18.6 Å². The molecule has 0 rings (SSSR count). The van der Waals surface area contributed by atoms with Gasteiger partial charge < -0.3 is 9.84 Å². The lowest BCUT2D eigenvalue weighted by atomic mass is 10.0. The molecule has 23 heavy (non-hydrogen) atoms. The van der Waals surface area contributed by atoms with E-state index in [1.807, 2.05) is 0 Å². The van der Waals surface area contributed by atoms with Crippen LogP contribution < -0.4 is 0 Å². The minimum absolute atomic E-state index is 0.0785. The SMILES string of the molecule is CCCCCCC(Cl)C(O)CCCCCCCCCC(=O)OC. The second-order valence-electron chi connectivity index (χ2n) is 6.52. The van der Waals surface area contributed by atoms with E-state index in [4.69, 9.17) is 11.6 Å². The zero-order chi connectivity index (χ0) is 17.3. The van der Waals surface area contributed by atoms with Gasteiger partial charge in [0.15, 0.2) is 0 Å². The van der Waals surface area contributed by atoms with Gasteiger partial charge in [-0.15, -0.1) is 11.6 Å². The maximum Gasteiger partial charge on any atom is 0.305 e. The van der Waals surface area contributed by atoms with Crippen LogP contribution in [0, 0.1) is 0 Å². The number of rotatable bonds is 16. The zero-order valence-electron chi connectivity index (χ0n) is 15.2. The third-order valence-corrected chi connectivity index (χ3v) is 4.87. The van der Waals surface area contributed by atoms with Gasteiger partial charge in [0.1, 0.15) is 0 Å². The van der Waals surface area contributed by atoms with Crippen molar-refractivity contribution in [2.24, 2.45) is 0 Å². The molecule has 0 radical (unpaired) electrons. The monoisotopic (exact) mass is 348 g/mol. The molecular formula is C19H37ClO3. The summed E-state index contributed by atoms with van der Waals surface area (Å²) in [6.07, 6.45) is 14.6. The molecule has 0 fully saturated rings. The van der Waals surface area contributed by atoms with E-state index in [9.17, 15) is 9.90 Å². The fourth-order valence-electron chi connectivity index (χ4n) is 2.75. The summed E-state index contributed by atoms with van der Waals surface area (Å²) in [6, 6.07) is 0. The van der Waals surface area contributed by atoms with Crippen molar-refractivity contribution in [1.29, 1.82) is 0 Å². The van der Waals surface area contributed by atoms with Gasteiger partial charge in [0, 0.05) is 6.42 Å². The molecule has 1 N–H and O–H groups in total. The average molecular weight is 349 g/mol. The highest BCUT2D eigenvalue weighted by atomic mass is 35.5. The van der Waals surface area contributed by atoms with E-state index >= 15 is 0 Å². The Labute approximate surface area is 148 Å². The van der Waals surface area contributed by atoms with Gasteiger partial charge in [-0.25, -0.2) is 0 Å². The van der Waals surface area contributed by atoms with Crippen molar-refractivity contribution < 1.29 is 14.6 Å². The normalized spacial score (nSPS) is 13.7. The van der Waals surface area contributed by atoms with Crippen LogP contribution in [0.1, 0.15) is 96.8 Å². The summed E-state index contributed by atoms with van der Waals surface area (Å²) in [5, 5.41) is 9.97. The van der Waals surface area contributed by atoms with Crippen molar-refractivity contribution in [1.82, 2.24) is 0 Å². The Hall–Kier alpha value is -0.280. The predicted molar refractivity (Wildman–Crippen MR) is 98.0 cm³/mol. The average Bonchev–Trinajstić information content (AvgIpc) is 2.56. The molecule has 0 saturated heterocycles. The highest BCUT2D eigenvalue weighted by molar-refractivity contribution is 6.21. The summed E-state index contributed by atoms with van der Waals surface area (Å²) in [7, 11) is 1.44. The Morgan fingerprint density at radius 1 is 0.913 bits per heavy atom. The van der Waals surface area contributed by atoms with Crippen molar-refractivity contribution in [3.8, 4) is 0 Å². The molecule has 0 aromatic rings. The van der Waals surface area contributed by atoms with Crippen LogP contribution in [0.25, 0.3) is 0 Å². The molecule has 0 aromatic carbocycles. The first kappa shape index (κ1) is 22.7. The number of hydrogen-bond acceptors (Lipinski definition) is 3. The summed E-state index contributed by atoms with van der Waals surface area (Å²) in [5.74, 6) is -0.107. The number of hydrogen-bond donors (Lipinski definition) is 1. The molecular weight excluding hydrogens is 312 g/mol. The Bertz CT molecular complexity index is 271. The van der Waals surface area contributed by atoms with Crippen molar-refractivity contribution in [2.75, 3.05) is 7.11 Å². The molecule has 0 aromatic heterocycles. The number of methoxy groups -OCH3 is 1. The number of carbonyl (C=O) groups excluding carboxylic acids is 1. The molecule has 0 aliphatic heterocycles. The molecule has 0 heterocycles. The minimum Gasteiger partial charge on any atom is -0.469 e. The highest BCUT2D eigenvalue weighted by Crippen LogP contribution is 2.18. The Morgan fingerprint density at radius 3 is 2.04 bits per heavy atom. The number of unbranched alkanes of at least 4 members (excludes halogenated alkanes) is 9. The van der Waals surface area contributed by atoms with E-state index in [2.05, 4.69) is 11.7 Å². The van der Waals surface area contributed by atoms with Crippen molar-refractivity contribution >= 4 is 17.6 Å². The first-order chi connectivity index (χ1) is 11.1. The van der Waals surface area contributed by atoms with Gasteiger partial charge in [0.25, 0.3) is 0 Å². The molecule has 2 atom stereocenters. The first-order valence-electron chi connectivity index (χ1n) is 9.50. The van der Waals surface area contributed by atoms with Crippen LogP contribution >= 0.6 is 11.6 Å². The van der Waals surface area contributed by atoms with Gasteiger partial charge in [-0.05, 0) is 19.3 Å². The van der Waals surface area contributed by atoms with E-state index in [-0.39, 0.29) is 17.5 Å². The van der Waals surface area contributed by atoms with Crippen LogP contribution in [0.5, 0.6) is 0 Å². The number of aliphatic hydroxyl groups is 1. The summed E-state index contributed by atoms with van der Waals surface area (Å²) < 4.78 is 4.61. The van der Waals surface area contributed by atoms with E-state index in [0.29, 0.717) is 6.42 Å². The molecule has 0 aliphatic carbocycles. The number of ether oxygens (including phenoxy) is 1. The topological polar surface area (TPSA) is 46.5 Å². The van der Waals surface area contributed by atoms with E-state index in [0.717, 1.165) is 44.9 Å². The molecule has 0 amide bonds. The maximum absolute atomic E-state index is 10.9. The second-order valence-corrected chi connectivity index (χ2v) is 7.08. The van der Waals surface area contributed by atoms with Crippen molar-refractivity contribution in [3.63, 3.8) is 0 Å². The number of halogens is 1. The molecule has 0 saturated carbocycles. The molecule has 0 bridgehead atoms. The molecule has 0 aliphatic rings. The van der Waals surface area contributed by atoms with Crippen LogP contribution in [0.2, 0.25) is 0 Å². The van der Waals surface area contributed by atoms with Crippen molar-refractivity contribution in [3.05, 3.63) is 0 Å². The van der Waals surface area contributed by atoms with E-state index < -0.39 is 0 Å². The Kier molecular flexibility index (Phi) is 16.4. The van der Waals surface area contributed by atoms with Gasteiger partial charge >= 0.3 is 5.97 Å². The lowest BCUT2D eigenvalue weighted by Crippen LogP contribution is -2.20. The Morgan fingerprint density at radius 2 is 1.43 bits per heavy atom. The predicted octanol–water partition coefficient (Wildman–Crippen LogP) is 5.61. The fourth-order valence-corrected chi connectivity index (χ4v) is 3.03. The quantitative estimate of drug-likeness (QED) is 0.224. The summed E-state index contributed by atoms with van der Waals surface area (Å²) in [5.41, 5.74) is 0. The van der Waals surface area contributed by atoms with Gasteiger partial charge in [-0.2, -0.15) is 0 Å². The second kappa shape index (κ2) is 16.6. The Balaban J connectivity index is 3.34. The number of carbonyl (C=O) groups is 1. The fraction of sp³-hybridized carbons (Fsp3) is 0.947.